The molecule has 8 heteroatoms. The van der Waals surface area contributed by atoms with Gasteiger partial charge in [-0.1, -0.05) is 6.92 Å². The van der Waals surface area contributed by atoms with Crippen molar-refractivity contribution in [3.8, 4) is 0 Å². The first-order valence-corrected chi connectivity index (χ1v) is 9.20. The average molecular weight is 360 g/mol. The van der Waals surface area contributed by atoms with Crippen molar-refractivity contribution in [3.63, 3.8) is 0 Å². The van der Waals surface area contributed by atoms with Crippen LogP contribution in [0.15, 0.2) is 24.3 Å². The summed E-state index contributed by atoms with van der Waals surface area (Å²) in [7, 11) is -3.16. The molecule has 128 valence electrons. The molecule has 0 aliphatic carbocycles. The van der Waals surface area contributed by atoms with Gasteiger partial charge in [0, 0.05) is 18.2 Å². The molecule has 0 saturated carbocycles. The second-order valence-corrected chi connectivity index (χ2v) is 8.00. The molecular formula is C15H22ClN3O3S. The fourth-order valence-electron chi connectivity index (χ4n) is 2.78. The Bertz CT molecular complexity index is 659. The predicted molar refractivity (Wildman–Crippen MR) is 93.6 cm³/mol. The summed E-state index contributed by atoms with van der Waals surface area (Å²) < 4.78 is 25.2. The largest absolute Gasteiger partial charge is 0.326 e. The fourth-order valence-corrected chi connectivity index (χ4v) is 4.34. The molecule has 1 aromatic rings. The van der Waals surface area contributed by atoms with E-state index in [0.29, 0.717) is 30.3 Å². The van der Waals surface area contributed by atoms with E-state index in [1.165, 1.54) is 4.31 Å². The van der Waals surface area contributed by atoms with E-state index in [1.807, 2.05) is 6.92 Å². The molecule has 2 fully saturated rings. The molecule has 3 rings (SSSR count). The Hall–Kier alpha value is -1.31. The number of sulfonamides is 1. The van der Waals surface area contributed by atoms with Crippen LogP contribution < -0.4 is 14.9 Å². The lowest BCUT2D eigenvalue weighted by Gasteiger charge is -2.31. The Labute approximate surface area is 143 Å². The second-order valence-electron chi connectivity index (χ2n) is 5.98. The highest BCUT2D eigenvalue weighted by atomic mass is 35.5. The molecule has 2 aliphatic heterocycles. The molecule has 2 aliphatic rings. The van der Waals surface area contributed by atoms with Gasteiger partial charge in [-0.05, 0) is 49.7 Å². The number of carbonyl (C=O) groups excluding carboxylic acids is 1. The van der Waals surface area contributed by atoms with Gasteiger partial charge in [0.05, 0.1) is 11.4 Å². The van der Waals surface area contributed by atoms with Crippen molar-refractivity contribution in [2.75, 3.05) is 35.0 Å². The highest BCUT2D eigenvalue weighted by Crippen LogP contribution is 2.26. The maximum Gasteiger partial charge on any atom is 0.235 e. The first-order chi connectivity index (χ1) is 10.5. The van der Waals surface area contributed by atoms with Gasteiger partial charge in [0.1, 0.15) is 0 Å². The number of anilines is 2. The molecule has 2 N–H and O–H groups in total. The minimum absolute atomic E-state index is 0. The lowest BCUT2D eigenvalue weighted by molar-refractivity contribution is -0.121. The summed E-state index contributed by atoms with van der Waals surface area (Å²) in [4.78, 5) is 12.1. The third-order valence-corrected chi connectivity index (χ3v) is 6.33. The lowest BCUT2D eigenvalue weighted by Crippen LogP contribution is -2.48. The zero-order valence-corrected chi connectivity index (χ0v) is 14.6. The van der Waals surface area contributed by atoms with E-state index in [2.05, 4.69) is 10.6 Å². The number of rotatable bonds is 4. The summed E-state index contributed by atoms with van der Waals surface area (Å²) in [5, 5.41) is 6.06. The number of hydrogen-bond acceptors (Lipinski definition) is 4. The molecule has 0 aromatic heterocycles. The van der Waals surface area contributed by atoms with E-state index in [0.717, 1.165) is 13.1 Å². The van der Waals surface area contributed by atoms with Crippen molar-refractivity contribution in [1.29, 1.82) is 0 Å². The molecule has 1 atom stereocenters. The van der Waals surface area contributed by atoms with Crippen molar-refractivity contribution in [2.24, 2.45) is 11.8 Å². The van der Waals surface area contributed by atoms with E-state index in [9.17, 15) is 13.2 Å². The maximum absolute atomic E-state index is 12.1. The second kappa shape index (κ2) is 7.07. The van der Waals surface area contributed by atoms with Gasteiger partial charge >= 0.3 is 0 Å². The number of nitrogens with one attached hydrogen (secondary N) is 2. The van der Waals surface area contributed by atoms with Crippen molar-refractivity contribution in [3.05, 3.63) is 24.3 Å². The van der Waals surface area contributed by atoms with Crippen molar-refractivity contribution in [2.45, 2.75) is 13.3 Å². The van der Waals surface area contributed by atoms with E-state index >= 15 is 0 Å². The van der Waals surface area contributed by atoms with Gasteiger partial charge in [0.15, 0.2) is 0 Å². The van der Waals surface area contributed by atoms with Gasteiger partial charge in [-0.25, -0.2) is 8.42 Å². The van der Waals surface area contributed by atoms with E-state index in [-0.39, 0.29) is 30.0 Å². The van der Waals surface area contributed by atoms with Crippen LogP contribution in [0.5, 0.6) is 0 Å². The van der Waals surface area contributed by atoms with Crippen LogP contribution in [-0.4, -0.2) is 39.7 Å². The quantitative estimate of drug-likeness (QED) is 0.852. The molecule has 1 amide bonds. The summed E-state index contributed by atoms with van der Waals surface area (Å²) in [6, 6.07) is 7.00. The van der Waals surface area contributed by atoms with Crippen LogP contribution in [0.2, 0.25) is 0 Å². The summed E-state index contributed by atoms with van der Waals surface area (Å²) in [5.74, 6) is 0.584. The molecule has 1 unspecified atom stereocenters. The molecule has 1 aromatic carbocycles. The number of halogens is 1. The van der Waals surface area contributed by atoms with Crippen LogP contribution in [0, 0.1) is 11.8 Å². The Kier molecular flexibility index (Phi) is 5.54. The molecule has 6 nitrogen and oxygen atoms in total. The van der Waals surface area contributed by atoms with Gasteiger partial charge in [0.25, 0.3) is 0 Å². The predicted octanol–water partition coefficient (Wildman–Crippen LogP) is 1.44. The summed E-state index contributed by atoms with van der Waals surface area (Å²) in [6.45, 7) is 4.24. The normalized spacial score (nSPS) is 21.2. The number of amides is 1. The number of benzene rings is 1. The highest BCUT2D eigenvalue weighted by molar-refractivity contribution is 7.93. The van der Waals surface area contributed by atoms with Gasteiger partial charge in [-0.15, -0.1) is 12.4 Å². The molecule has 0 spiro atoms. The first-order valence-electron chi connectivity index (χ1n) is 7.59. The van der Waals surface area contributed by atoms with Gasteiger partial charge in [0.2, 0.25) is 15.9 Å². The average Bonchev–Trinajstić information content (AvgIpc) is 2.77. The Balaban J connectivity index is 0.00000192. The van der Waals surface area contributed by atoms with Crippen molar-refractivity contribution < 1.29 is 13.2 Å². The van der Waals surface area contributed by atoms with Crippen LogP contribution in [0.25, 0.3) is 0 Å². The smallest absolute Gasteiger partial charge is 0.235 e. The molecule has 2 heterocycles. The van der Waals surface area contributed by atoms with Crippen LogP contribution in [0.3, 0.4) is 0 Å². The number of carbonyl (C=O) groups is 1. The van der Waals surface area contributed by atoms with E-state index in [1.54, 1.807) is 24.3 Å². The fraction of sp³-hybridized carbons (Fsp3) is 0.533. The highest BCUT2D eigenvalue weighted by Gasteiger charge is 2.29. The summed E-state index contributed by atoms with van der Waals surface area (Å²) >= 11 is 0. The minimum Gasteiger partial charge on any atom is -0.326 e. The first kappa shape index (κ1) is 18.0. The Morgan fingerprint density at radius 1 is 1.30 bits per heavy atom. The van der Waals surface area contributed by atoms with Crippen molar-refractivity contribution >= 4 is 39.7 Å². The summed E-state index contributed by atoms with van der Waals surface area (Å²) in [5.41, 5.74) is 1.36. The van der Waals surface area contributed by atoms with Crippen LogP contribution in [-0.2, 0) is 14.8 Å². The van der Waals surface area contributed by atoms with Crippen LogP contribution in [0.1, 0.15) is 13.3 Å². The van der Waals surface area contributed by atoms with E-state index in [4.69, 9.17) is 0 Å². The Morgan fingerprint density at radius 2 is 1.96 bits per heavy atom. The minimum atomic E-state index is -3.16. The molecular weight excluding hydrogens is 338 g/mol. The third-order valence-electron chi connectivity index (χ3n) is 4.46. The van der Waals surface area contributed by atoms with Gasteiger partial charge in [-0.3, -0.25) is 9.10 Å². The lowest BCUT2D eigenvalue weighted by atomic mass is 9.88. The molecule has 0 radical (unpaired) electrons. The topological polar surface area (TPSA) is 78.5 Å². The number of nitrogens with zero attached hydrogens (tertiary/aromatic N) is 1. The standard InChI is InChI=1S/C15H21N3O3S.ClH/c1-11(12-9-16-10-12)15(19)17-13-3-5-14(6-4-13)18-7-2-8-22(18,20)21;/h3-6,11-12,16H,2,7-10H2,1H3,(H,17,19);1H. The van der Waals surface area contributed by atoms with Crippen LogP contribution >= 0.6 is 12.4 Å². The molecule has 23 heavy (non-hydrogen) atoms. The maximum atomic E-state index is 12.1. The Morgan fingerprint density at radius 3 is 2.43 bits per heavy atom. The zero-order valence-electron chi connectivity index (χ0n) is 13.0. The SMILES string of the molecule is CC(C(=O)Nc1ccc(N2CCCS2(=O)=O)cc1)C1CNC1.Cl. The van der Waals surface area contributed by atoms with Crippen molar-refractivity contribution in [1.82, 2.24) is 5.32 Å². The number of hydrogen-bond donors (Lipinski definition) is 2. The summed E-state index contributed by atoms with van der Waals surface area (Å²) in [6.07, 6.45) is 0.660. The van der Waals surface area contributed by atoms with Crippen LogP contribution in [0.4, 0.5) is 11.4 Å². The van der Waals surface area contributed by atoms with E-state index < -0.39 is 10.0 Å². The third kappa shape index (κ3) is 3.79. The molecule has 2 saturated heterocycles. The zero-order chi connectivity index (χ0) is 15.7. The molecule has 0 bridgehead atoms. The van der Waals surface area contributed by atoms with Gasteiger partial charge in [-0.2, -0.15) is 0 Å². The monoisotopic (exact) mass is 359 g/mol. The van der Waals surface area contributed by atoms with Gasteiger partial charge < -0.3 is 10.6 Å².